The van der Waals surface area contributed by atoms with Crippen LogP contribution in [-0.2, 0) is 11.3 Å². The average molecular weight is 321 g/mol. The second-order valence-electron chi connectivity index (χ2n) is 4.21. The van der Waals surface area contributed by atoms with Crippen molar-refractivity contribution in [3.63, 3.8) is 0 Å². The zero-order valence-electron chi connectivity index (χ0n) is 11.3. The van der Waals surface area contributed by atoms with Crippen LogP contribution in [0.4, 0.5) is 0 Å². The molecule has 0 radical (unpaired) electrons. The lowest BCUT2D eigenvalue weighted by Crippen LogP contribution is -2.05. The number of aryl methyl sites for hydroxylation is 2. The molecule has 0 aliphatic rings. The molecule has 6 nitrogen and oxygen atoms in total. The van der Waals surface area contributed by atoms with Gasteiger partial charge in [0.05, 0.1) is 15.6 Å². The van der Waals surface area contributed by atoms with Crippen molar-refractivity contribution in [2.45, 2.75) is 20.5 Å². The summed E-state index contributed by atoms with van der Waals surface area (Å²) in [7, 11) is 0. The lowest BCUT2D eigenvalue weighted by Gasteiger charge is -1.99. The molecule has 0 fully saturated rings. The summed E-state index contributed by atoms with van der Waals surface area (Å²) >= 11 is 2.83. The number of ether oxygens (including phenoxy) is 1. The van der Waals surface area contributed by atoms with Gasteiger partial charge in [0.1, 0.15) is 4.88 Å². The molecule has 0 aliphatic carbocycles. The van der Waals surface area contributed by atoms with Crippen LogP contribution in [0.2, 0.25) is 0 Å². The highest BCUT2D eigenvalue weighted by molar-refractivity contribution is 7.13. The number of thiazole rings is 1. The quantitative estimate of drug-likeness (QED) is 0.687. The molecular formula is C13H11N3O3S2. The fraction of sp³-hybridized carbons (Fsp3) is 0.231. The van der Waals surface area contributed by atoms with E-state index in [-0.39, 0.29) is 12.5 Å². The molecule has 0 bridgehead atoms. The zero-order chi connectivity index (χ0) is 14.8. The van der Waals surface area contributed by atoms with E-state index in [9.17, 15) is 4.79 Å². The number of carbonyl (C=O) groups excluding carboxylic acids is 1. The number of rotatable bonds is 4. The molecule has 0 saturated carbocycles. The predicted molar refractivity (Wildman–Crippen MR) is 78.3 cm³/mol. The van der Waals surface area contributed by atoms with E-state index in [4.69, 9.17) is 9.26 Å². The Morgan fingerprint density at radius 1 is 1.38 bits per heavy atom. The Kier molecular flexibility index (Phi) is 3.80. The Morgan fingerprint density at radius 2 is 2.24 bits per heavy atom. The van der Waals surface area contributed by atoms with Crippen LogP contribution < -0.4 is 0 Å². The summed E-state index contributed by atoms with van der Waals surface area (Å²) in [5, 5.41) is 6.62. The van der Waals surface area contributed by atoms with E-state index in [1.165, 1.54) is 22.7 Å². The van der Waals surface area contributed by atoms with Crippen molar-refractivity contribution in [3.8, 4) is 10.7 Å². The minimum Gasteiger partial charge on any atom is -0.451 e. The Balaban J connectivity index is 1.65. The predicted octanol–water partition coefficient (Wildman–Crippen LogP) is 3.23. The molecule has 3 aromatic rings. The zero-order valence-corrected chi connectivity index (χ0v) is 13.0. The second-order valence-corrected chi connectivity index (χ2v) is 6.36. The number of nitrogens with zero attached hydrogens (tertiary/aromatic N) is 3. The largest absolute Gasteiger partial charge is 0.451 e. The van der Waals surface area contributed by atoms with Gasteiger partial charge in [-0.05, 0) is 25.3 Å². The maximum atomic E-state index is 11.9. The van der Waals surface area contributed by atoms with Gasteiger partial charge in [-0.15, -0.1) is 22.7 Å². The standard InChI is InChI=1S/C13H11N3O3S2/c1-7-11(21-8(2)14-7)13(17)18-6-10-15-12(16-19-10)9-4-3-5-20-9/h3-5H,6H2,1-2H3. The third-order valence-electron chi connectivity index (χ3n) is 2.63. The maximum Gasteiger partial charge on any atom is 0.350 e. The first kappa shape index (κ1) is 13.9. The summed E-state index contributed by atoms with van der Waals surface area (Å²) < 4.78 is 10.2. The number of carbonyl (C=O) groups is 1. The summed E-state index contributed by atoms with van der Waals surface area (Å²) in [6.45, 7) is 3.58. The second kappa shape index (κ2) is 5.74. The molecule has 3 heterocycles. The van der Waals surface area contributed by atoms with Crippen LogP contribution in [-0.4, -0.2) is 21.1 Å². The first-order valence-electron chi connectivity index (χ1n) is 6.11. The van der Waals surface area contributed by atoms with Gasteiger partial charge in [-0.1, -0.05) is 11.2 Å². The van der Waals surface area contributed by atoms with E-state index in [2.05, 4.69) is 15.1 Å². The fourth-order valence-electron chi connectivity index (χ4n) is 1.73. The molecule has 0 atom stereocenters. The highest BCUT2D eigenvalue weighted by Crippen LogP contribution is 2.22. The van der Waals surface area contributed by atoms with E-state index in [0.717, 1.165) is 9.88 Å². The van der Waals surface area contributed by atoms with E-state index < -0.39 is 5.97 Å². The first-order valence-corrected chi connectivity index (χ1v) is 7.80. The van der Waals surface area contributed by atoms with Gasteiger partial charge < -0.3 is 9.26 Å². The number of esters is 1. The number of aromatic nitrogens is 3. The smallest absolute Gasteiger partial charge is 0.350 e. The van der Waals surface area contributed by atoms with Gasteiger partial charge in [0, 0.05) is 0 Å². The highest BCUT2D eigenvalue weighted by atomic mass is 32.1. The number of thiophene rings is 1. The minimum absolute atomic E-state index is 0.0480. The molecule has 0 aromatic carbocycles. The lowest BCUT2D eigenvalue weighted by molar-refractivity contribution is 0.0434. The third kappa shape index (κ3) is 3.01. The Labute approximate surface area is 128 Å². The number of hydrogen-bond donors (Lipinski definition) is 0. The van der Waals surface area contributed by atoms with Crippen molar-refractivity contribution >= 4 is 28.6 Å². The maximum absolute atomic E-state index is 11.9. The van der Waals surface area contributed by atoms with Crippen molar-refractivity contribution in [2.75, 3.05) is 0 Å². The van der Waals surface area contributed by atoms with Crippen molar-refractivity contribution in [2.24, 2.45) is 0 Å². The van der Waals surface area contributed by atoms with E-state index in [0.29, 0.717) is 16.4 Å². The molecule has 21 heavy (non-hydrogen) atoms. The van der Waals surface area contributed by atoms with Crippen LogP contribution in [0.3, 0.4) is 0 Å². The van der Waals surface area contributed by atoms with Gasteiger partial charge in [-0.25, -0.2) is 9.78 Å². The van der Waals surface area contributed by atoms with Crippen molar-refractivity contribution in [3.05, 3.63) is 39.0 Å². The Bertz CT molecular complexity index is 762. The SMILES string of the molecule is Cc1nc(C)c(C(=O)OCc2nc(-c3cccs3)no2)s1. The van der Waals surface area contributed by atoms with Gasteiger partial charge in [-0.2, -0.15) is 4.98 Å². The normalized spacial score (nSPS) is 10.8. The fourth-order valence-corrected chi connectivity index (χ4v) is 3.20. The molecule has 108 valence electrons. The highest BCUT2D eigenvalue weighted by Gasteiger charge is 2.17. The minimum atomic E-state index is -0.422. The van der Waals surface area contributed by atoms with Crippen LogP contribution in [0.5, 0.6) is 0 Å². The van der Waals surface area contributed by atoms with Crippen LogP contribution >= 0.6 is 22.7 Å². The molecule has 0 saturated heterocycles. The summed E-state index contributed by atoms with van der Waals surface area (Å²) in [4.78, 5) is 21.7. The lowest BCUT2D eigenvalue weighted by atomic mass is 10.4. The molecular weight excluding hydrogens is 310 g/mol. The monoisotopic (exact) mass is 321 g/mol. The molecule has 0 unspecified atom stereocenters. The molecule has 0 spiro atoms. The summed E-state index contributed by atoms with van der Waals surface area (Å²) in [5.74, 6) is 0.348. The first-order chi connectivity index (χ1) is 10.1. The van der Waals surface area contributed by atoms with Crippen LogP contribution in [0.15, 0.2) is 22.0 Å². The van der Waals surface area contributed by atoms with Crippen molar-refractivity contribution in [1.29, 1.82) is 0 Å². The average Bonchev–Trinajstić information content (AvgIpc) is 3.15. The molecule has 0 amide bonds. The topological polar surface area (TPSA) is 78.1 Å². The molecule has 0 N–H and O–H groups in total. The molecule has 3 aromatic heterocycles. The van der Waals surface area contributed by atoms with Gasteiger partial charge in [0.2, 0.25) is 5.82 Å². The van der Waals surface area contributed by atoms with E-state index in [1.807, 2.05) is 24.4 Å². The molecule has 8 heteroatoms. The van der Waals surface area contributed by atoms with Crippen LogP contribution in [0.1, 0.15) is 26.3 Å². The third-order valence-corrected chi connectivity index (χ3v) is 4.54. The van der Waals surface area contributed by atoms with Crippen molar-refractivity contribution in [1.82, 2.24) is 15.1 Å². The van der Waals surface area contributed by atoms with E-state index in [1.54, 1.807) is 6.92 Å². The molecule has 0 aliphatic heterocycles. The molecule has 3 rings (SSSR count). The summed E-state index contributed by atoms with van der Waals surface area (Å²) in [6, 6.07) is 3.81. The Morgan fingerprint density at radius 3 is 2.90 bits per heavy atom. The Hall–Kier alpha value is -2.06. The van der Waals surface area contributed by atoms with Crippen LogP contribution in [0, 0.1) is 13.8 Å². The van der Waals surface area contributed by atoms with Crippen molar-refractivity contribution < 1.29 is 14.1 Å². The van der Waals surface area contributed by atoms with Gasteiger partial charge in [-0.3, -0.25) is 0 Å². The van der Waals surface area contributed by atoms with Gasteiger partial charge in [0.25, 0.3) is 5.89 Å². The van der Waals surface area contributed by atoms with Gasteiger partial charge >= 0.3 is 5.97 Å². The van der Waals surface area contributed by atoms with Gasteiger partial charge in [0.15, 0.2) is 6.61 Å². The number of hydrogen-bond acceptors (Lipinski definition) is 8. The van der Waals surface area contributed by atoms with Crippen LogP contribution in [0.25, 0.3) is 10.7 Å². The summed E-state index contributed by atoms with van der Waals surface area (Å²) in [5.41, 5.74) is 0.673. The summed E-state index contributed by atoms with van der Waals surface area (Å²) in [6.07, 6.45) is 0. The van der Waals surface area contributed by atoms with E-state index >= 15 is 0 Å².